The summed E-state index contributed by atoms with van der Waals surface area (Å²) in [5.41, 5.74) is 5.91. The maximum atomic E-state index is 12.0. The van der Waals surface area contributed by atoms with Gasteiger partial charge in [-0.2, -0.15) is 5.10 Å². The molecule has 0 aromatic heterocycles. The van der Waals surface area contributed by atoms with Crippen LogP contribution >= 0.6 is 0 Å². The number of amides is 2. The quantitative estimate of drug-likeness (QED) is 0.463. The van der Waals surface area contributed by atoms with Crippen LogP contribution in [0.5, 0.6) is 11.5 Å². The summed E-state index contributed by atoms with van der Waals surface area (Å²) in [7, 11) is 0. The third-order valence-electron chi connectivity index (χ3n) is 3.95. The molecule has 0 atom stereocenters. The zero-order valence-corrected chi connectivity index (χ0v) is 15.5. The average molecular weight is 369 g/mol. The number of hydrazone groups is 1. The number of phenolic OH excluding ortho intramolecular Hbond substituents is 2. The number of phenols is 2. The lowest BCUT2D eigenvalue weighted by Crippen LogP contribution is -2.22. The van der Waals surface area contributed by atoms with E-state index in [-0.39, 0.29) is 30.2 Å². The van der Waals surface area contributed by atoms with Crippen LogP contribution in [0.1, 0.15) is 36.5 Å². The fourth-order valence-electron chi connectivity index (χ4n) is 2.48. The minimum atomic E-state index is -0.414. The zero-order valence-electron chi connectivity index (χ0n) is 15.5. The highest BCUT2D eigenvalue weighted by Crippen LogP contribution is 2.23. The highest BCUT2D eigenvalue weighted by molar-refractivity contribution is 6.01. The third kappa shape index (κ3) is 5.85. The van der Waals surface area contributed by atoms with Gasteiger partial charge < -0.3 is 15.5 Å². The standard InChI is InChI=1S/C20H23N3O4/c1-12-4-7-17(13(2)10-12)21-19(26)8-9-20(27)23-22-14(3)16-6-5-15(24)11-18(16)25/h4-7,10-11,24-25H,8-9H2,1-3H3,(H,21,26)(H,23,27)/b22-14+. The molecule has 4 N–H and O–H groups in total. The smallest absolute Gasteiger partial charge is 0.240 e. The van der Waals surface area contributed by atoms with Crippen LogP contribution in [0.2, 0.25) is 0 Å². The second-order valence-corrected chi connectivity index (χ2v) is 6.30. The summed E-state index contributed by atoms with van der Waals surface area (Å²) in [5, 5.41) is 25.8. The highest BCUT2D eigenvalue weighted by atomic mass is 16.3. The Hall–Kier alpha value is -3.35. The van der Waals surface area contributed by atoms with E-state index in [0.29, 0.717) is 11.3 Å². The van der Waals surface area contributed by atoms with Gasteiger partial charge in [-0.3, -0.25) is 9.59 Å². The Kier molecular flexibility index (Phi) is 6.54. The van der Waals surface area contributed by atoms with Gasteiger partial charge >= 0.3 is 0 Å². The number of anilines is 1. The van der Waals surface area contributed by atoms with E-state index in [2.05, 4.69) is 15.8 Å². The average Bonchev–Trinajstić information content (AvgIpc) is 2.60. The molecule has 2 aromatic rings. The van der Waals surface area contributed by atoms with Crippen molar-refractivity contribution in [1.29, 1.82) is 0 Å². The van der Waals surface area contributed by atoms with Crippen LogP contribution in [0.4, 0.5) is 5.69 Å². The molecule has 2 amide bonds. The normalized spacial score (nSPS) is 11.1. The summed E-state index contributed by atoms with van der Waals surface area (Å²) in [6, 6.07) is 9.80. The van der Waals surface area contributed by atoms with Crippen LogP contribution in [-0.4, -0.2) is 27.7 Å². The molecule has 0 saturated heterocycles. The molecule has 2 rings (SSSR count). The monoisotopic (exact) mass is 369 g/mol. The first kappa shape index (κ1) is 20.0. The van der Waals surface area contributed by atoms with Crippen molar-refractivity contribution >= 4 is 23.2 Å². The van der Waals surface area contributed by atoms with Crippen molar-refractivity contribution in [2.75, 3.05) is 5.32 Å². The Morgan fingerprint density at radius 3 is 2.37 bits per heavy atom. The number of hydrogen-bond acceptors (Lipinski definition) is 5. The molecule has 0 fully saturated rings. The molecule has 7 nitrogen and oxygen atoms in total. The molecular formula is C20H23N3O4. The molecule has 0 spiro atoms. The Labute approximate surface area is 157 Å². The van der Waals surface area contributed by atoms with Crippen molar-refractivity contribution in [3.8, 4) is 11.5 Å². The maximum Gasteiger partial charge on any atom is 0.240 e. The summed E-state index contributed by atoms with van der Waals surface area (Å²) in [6.07, 6.45) is 0.00720. The molecule has 2 aromatic carbocycles. The highest BCUT2D eigenvalue weighted by Gasteiger charge is 2.10. The van der Waals surface area contributed by atoms with Crippen molar-refractivity contribution in [3.63, 3.8) is 0 Å². The van der Waals surface area contributed by atoms with Crippen LogP contribution in [0.15, 0.2) is 41.5 Å². The molecule has 0 saturated carbocycles. The largest absolute Gasteiger partial charge is 0.508 e. The summed E-state index contributed by atoms with van der Waals surface area (Å²) in [6.45, 7) is 5.49. The number of hydrogen-bond donors (Lipinski definition) is 4. The second kappa shape index (κ2) is 8.84. The van der Waals surface area contributed by atoms with E-state index in [1.807, 2.05) is 32.0 Å². The molecule has 0 heterocycles. The first-order chi connectivity index (χ1) is 12.8. The van der Waals surface area contributed by atoms with Crippen LogP contribution in [0.3, 0.4) is 0 Å². The van der Waals surface area contributed by atoms with E-state index < -0.39 is 5.91 Å². The van der Waals surface area contributed by atoms with Gasteiger partial charge in [0.25, 0.3) is 0 Å². The predicted octanol–water partition coefficient (Wildman–Crippen LogP) is 2.97. The van der Waals surface area contributed by atoms with Crippen molar-refractivity contribution in [2.45, 2.75) is 33.6 Å². The molecule has 142 valence electrons. The van der Waals surface area contributed by atoms with E-state index in [1.54, 1.807) is 6.92 Å². The Bertz CT molecular complexity index is 891. The lowest BCUT2D eigenvalue weighted by molar-refractivity contribution is -0.124. The molecule has 27 heavy (non-hydrogen) atoms. The van der Waals surface area contributed by atoms with Gasteiger partial charge in [0.2, 0.25) is 11.8 Å². The second-order valence-electron chi connectivity index (χ2n) is 6.30. The minimum Gasteiger partial charge on any atom is -0.508 e. The fraction of sp³-hybridized carbons (Fsp3) is 0.250. The van der Waals surface area contributed by atoms with Gasteiger partial charge in [-0.1, -0.05) is 17.7 Å². The number of benzene rings is 2. The summed E-state index contributed by atoms with van der Waals surface area (Å²) < 4.78 is 0. The lowest BCUT2D eigenvalue weighted by atomic mass is 10.1. The van der Waals surface area contributed by atoms with E-state index in [1.165, 1.54) is 18.2 Å². The molecule has 7 heteroatoms. The molecule has 0 radical (unpaired) electrons. The Morgan fingerprint density at radius 2 is 1.70 bits per heavy atom. The van der Waals surface area contributed by atoms with Crippen LogP contribution in [0.25, 0.3) is 0 Å². The maximum absolute atomic E-state index is 12.0. The predicted molar refractivity (Wildman–Crippen MR) is 104 cm³/mol. The topological polar surface area (TPSA) is 111 Å². The molecule has 0 unspecified atom stereocenters. The van der Waals surface area contributed by atoms with E-state index in [4.69, 9.17) is 0 Å². The number of carbonyl (C=O) groups is 2. The molecule has 0 aliphatic rings. The Morgan fingerprint density at radius 1 is 1.00 bits per heavy atom. The van der Waals surface area contributed by atoms with E-state index in [9.17, 15) is 19.8 Å². The number of carbonyl (C=O) groups excluding carboxylic acids is 2. The third-order valence-corrected chi connectivity index (χ3v) is 3.95. The van der Waals surface area contributed by atoms with Gasteiger partial charge in [-0.25, -0.2) is 5.43 Å². The van der Waals surface area contributed by atoms with E-state index >= 15 is 0 Å². The van der Waals surface area contributed by atoms with Crippen LogP contribution in [-0.2, 0) is 9.59 Å². The molecule has 0 bridgehead atoms. The van der Waals surface area contributed by atoms with Gasteiger partial charge in [-0.05, 0) is 44.5 Å². The minimum absolute atomic E-state index is 0.0188. The van der Waals surface area contributed by atoms with E-state index in [0.717, 1.165) is 16.8 Å². The first-order valence-electron chi connectivity index (χ1n) is 8.49. The summed E-state index contributed by atoms with van der Waals surface area (Å²) in [4.78, 5) is 23.9. The summed E-state index contributed by atoms with van der Waals surface area (Å²) >= 11 is 0. The van der Waals surface area contributed by atoms with Gasteiger partial charge in [0.05, 0.1) is 5.71 Å². The zero-order chi connectivity index (χ0) is 20.0. The summed E-state index contributed by atoms with van der Waals surface area (Å²) in [5.74, 6) is -0.876. The van der Waals surface area contributed by atoms with Gasteiger partial charge in [0.1, 0.15) is 11.5 Å². The van der Waals surface area contributed by atoms with Crippen LogP contribution in [0, 0.1) is 13.8 Å². The van der Waals surface area contributed by atoms with Crippen molar-refractivity contribution in [2.24, 2.45) is 5.10 Å². The number of aryl methyl sites for hydroxylation is 2. The van der Waals surface area contributed by atoms with Gasteiger partial charge in [0.15, 0.2) is 0 Å². The number of rotatable bonds is 6. The number of nitrogens with one attached hydrogen (secondary N) is 2. The molecule has 0 aliphatic heterocycles. The van der Waals surface area contributed by atoms with Crippen molar-refractivity contribution in [3.05, 3.63) is 53.1 Å². The van der Waals surface area contributed by atoms with Crippen LogP contribution < -0.4 is 10.7 Å². The van der Waals surface area contributed by atoms with Crippen molar-refractivity contribution < 1.29 is 19.8 Å². The number of aromatic hydroxyl groups is 2. The van der Waals surface area contributed by atoms with Gasteiger partial charge in [-0.15, -0.1) is 0 Å². The first-order valence-corrected chi connectivity index (χ1v) is 8.49. The molecule has 0 aliphatic carbocycles. The molecular weight excluding hydrogens is 346 g/mol. The van der Waals surface area contributed by atoms with Gasteiger partial charge in [0, 0.05) is 30.2 Å². The Balaban J connectivity index is 1.85. The van der Waals surface area contributed by atoms with Crippen molar-refractivity contribution in [1.82, 2.24) is 5.43 Å². The number of nitrogens with zero attached hydrogens (tertiary/aromatic N) is 1. The SMILES string of the molecule is C/C(=N\NC(=O)CCC(=O)Nc1ccc(C)cc1C)c1ccc(O)cc1O. The fourth-order valence-corrected chi connectivity index (χ4v) is 2.48. The lowest BCUT2D eigenvalue weighted by Gasteiger charge is -2.09.